The molecule has 0 bridgehead atoms. The van der Waals surface area contributed by atoms with Crippen LogP contribution in [0.15, 0.2) is 24.3 Å². The second kappa shape index (κ2) is 9.38. The van der Waals surface area contributed by atoms with Crippen LogP contribution in [-0.4, -0.2) is 36.5 Å². The highest BCUT2D eigenvalue weighted by atomic mass is 35.5. The maximum absolute atomic E-state index is 13.4. The fourth-order valence-electron chi connectivity index (χ4n) is 3.93. The number of amides is 1. The topological polar surface area (TPSA) is 32.3 Å². The second-order valence-corrected chi connectivity index (χ2v) is 6.87. The van der Waals surface area contributed by atoms with E-state index in [1.165, 1.54) is 18.9 Å². The van der Waals surface area contributed by atoms with Gasteiger partial charge in [-0.3, -0.25) is 4.79 Å². The monoisotopic (exact) mass is 354 g/mol. The van der Waals surface area contributed by atoms with Gasteiger partial charge in [-0.1, -0.05) is 25.0 Å². The third-order valence-electron chi connectivity index (χ3n) is 5.27. The van der Waals surface area contributed by atoms with Gasteiger partial charge in [-0.2, -0.15) is 0 Å². The normalized spacial score (nSPS) is 19.0. The molecule has 1 N–H and O–H groups in total. The summed E-state index contributed by atoms with van der Waals surface area (Å²) in [7, 11) is 0. The Balaban J connectivity index is 0.00000208. The first-order chi connectivity index (χ1) is 11.2. The predicted octanol–water partition coefficient (Wildman–Crippen LogP) is 3.56. The van der Waals surface area contributed by atoms with Gasteiger partial charge in [-0.05, 0) is 62.9 Å². The van der Waals surface area contributed by atoms with Crippen molar-refractivity contribution in [3.05, 3.63) is 35.6 Å². The molecule has 0 unspecified atom stereocenters. The fraction of sp³-hybridized carbons (Fsp3) is 0.632. The summed E-state index contributed by atoms with van der Waals surface area (Å²) in [6.45, 7) is 2.61. The standard InChI is InChI=1S/C19H27FN2O.ClH/c20-17-5-3-4-15(14-17)10-13-22(18-6-1-2-7-18)19(23)16-8-11-21-12-9-16;/h3-5,14,16,18,21H,1-2,6-13H2;1H. The molecule has 2 fully saturated rings. The van der Waals surface area contributed by atoms with Crippen LogP contribution in [0.1, 0.15) is 44.1 Å². The van der Waals surface area contributed by atoms with Gasteiger partial charge in [0.25, 0.3) is 0 Å². The Kier molecular flexibility index (Phi) is 7.50. The molecule has 1 saturated heterocycles. The Morgan fingerprint density at radius 3 is 2.54 bits per heavy atom. The summed E-state index contributed by atoms with van der Waals surface area (Å²) in [4.78, 5) is 15.1. The van der Waals surface area contributed by atoms with Crippen LogP contribution in [0.4, 0.5) is 4.39 Å². The van der Waals surface area contributed by atoms with Gasteiger partial charge in [0.2, 0.25) is 5.91 Å². The molecule has 1 heterocycles. The number of rotatable bonds is 5. The summed E-state index contributed by atoms with van der Waals surface area (Å²) >= 11 is 0. The van der Waals surface area contributed by atoms with Crippen LogP contribution in [0.3, 0.4) is 0 Å². The van der Waals surface area contributed by atoms with E-state index < -0.39 is 0 Å². The van der Waals surface area contributed by atoms with Crippen molar-refractivity contribution in [2.45, 2.75) is 51.0 Å². The number of nitrogens with one attached hydrogen (secondary N) is 1. The second-order valence-electron chi connectivity index (χ2n) is 6.87. The van der Waals surface area contributed by atoms with Gasteiger partial charge in [-0.25, -0.2) is 4.39 Å². The SMILES string of the molecule is Cl.O=C(C1CCNCC1)N(CCc1cccc(F)c1)C1CCCC1. The molecule has 1 aliphatic carbocycles. The molecule has 1 aromatic carbocycles. The number of carbonyl (C=O) groups excluding carboxylic acids is 1. The predicted molar refractivity (Wildman–Crippen MR) is 96.9 cm³/mol. The minimum absolute atomic E-state index is 0. The lowest BCUT2D eigenvalue weighted by Crippen LogP contribution is -2.46. The highest BCUT2D eigenvalue weighted by Crippen LogP contribution is 2.27. The van der Waals surface area contributed by atoms with Gasteiger partial charge in [0.05, 0.1) is 0 Å². The zero-order chi connectivity index (χ0) is 16.1. The zero-order valence-corrected chi connectivity index (χ0v) is 15.0. The molecular weight excluding hydrogens is 327 g/mol. The molecule has 0 radical (unpaired) electrons. The lowest BCUT2D eigenvalue weighted by Gasteiger charge is -2.34. The van der Waals surface area contributed by atoms with E-state index in [9.17, 15) is 9.18 Å². The van der Waals surface area contributed by atoms with Crippen LogP contribution in [0.5, 0.6) is 0 Å². The lowest BCUT2D eigenvalue weighted by molar-refractivity contribution is -0.138. The van der Waals surface area contributed by atoms with Gasteiger partial charge < -0.3 is 10.2 Å². The molecule has 5 heteroatoms. The Labute approximate surface area is 150 Å². The third-order valence-corrected chi connectivity index (χ3v) is 5.27. The number of hydrogen-bond donors (Lipinski definition) is 1. The molecule has 1 aliphatic heterocycles. The minimum Gasteiger partial charge on any atom is -0.339 e. The number of nitrogens with zero attached hydrogens (tertiary/aromatic N) is 1. The van der Waals surface area contributed by atoms with Gasteiger partial charge >= 0.3 is 0 Å². The van der Waals surface area contributed by atoms with Crippen LogP contribution >= 0.6 is 12.4 Å². The van der Waals surface area contributed by atoms with Crippen molar-refractivity contribution < 1.29 is 9.18 Å². The Morgan fingerprint density at radius 1 is 1.17 bits per heavy atom. The Bertz CT molecular complexity index is 528. The molecule has 0 aromatic heterocycles. The first-order valence-corrected chi connectivity index (χ1v) is 8.99. The first-order valence-electron chi connectivity index (χ1n) is 8.99. The van der Waals surface area contributed by atoms with Crippen molar-refractivity contribution in [2.75, 3.05) is 19.6 Å². The summed E-state index contributed by atoms with van der Waals surface area (Å²) in [6, 6.07) is 7.15. The molecule has 1 amide bonds. The van der Waals surface area contributed by atoms with Gasteiger partial charge in [-0.15, -0.1) is 12.4 Å². The van der Waals surface area contributed by atoms with E-state index in [1.807, 2.05) is 6.07 Å². The van der Waals surface area contributed by atoms with Gasteiger partial charge in [0.1, 0.15) is 5.82 Å². The summed E-state index contributed by atoms with van der Waals surface area (Å²) in [5.41, 5.74) is 0.978. The number of halogens is 2. The van der Waals surface area contributed by atoms with Crippen LogP contribution < -0.4 is 5.32 Å². The Hall–Kier alpha value is -1.13. The van der Waals surface area contributed by atoms with Crippen LogP contribution in [0, 0.1) is 11.7 Å². The van der Waals surface area contributed by atoms with E-state index in [1.54, 1.807) is 12.1 Å². The van der Waals surface area contributed by atoms with Crippen molar-refractivity contribution in [2.24, 2.45) is 5.92 Å². The molecule has 3 nitrogen and oxygen atoms in total. The lowest BCUT2D eigenvalue weighted by atomic mass is 9.95. The summed E-state index contributed by atoms with van der Waals surface area (Å²) in [5.74, 6) is 0.304. The van der Waals surface area contributed by atoms with Crippen molar-refractivity contribution in [1.29, 1.82) is 0 Å². The average molecular weight is 355 g/mol. The van der Waals surface area contributed by atoms with Crippen molar-refractivity contribution in [1.82, 2.24) is 10.2 Å². The highest BCUT2D eigenvalue weighted by Gasteiger charge is 2.31. The number of carbonyl (C=O) groups is 1. The Morgan fingerprint density at radius 2 is 1.88 bits per heavy atom. The molecule has 134 valence electrons. The van der Waals surface area contributed by atoms with Gasteiger partial charge in [0, 0.05) is 18.5 Å². The number of hydrogen-bond acceptors (Lipinski definition) is 2. The van der Waals surface area contributed by atoms with E-state index in [2.05, 4.69) is 10.2 Å². The third kappa shape index (κ3) is 4.93. The molecule has 0 atom stereocenters. The van der Waals surface area contributed by atoms with Crippen LogP contribution in [0.25, 0.3) is 0 Å². The minimum atomic E-state index is -0.195. The fourth-order valence-corrected chi connectivity index (χ4v) is 3.93. The molecule has 3 rings (SSSR count). The zero-order valence-electron chi connectivity index (χ0n) is 14.2. The first kappa shape index (κ1) is 19.2. The van der Waals surface area contributed by atoms with E-state index >= 15 is 0 Å². The van der Waals surface area contributed by atoms with E-state index in [-0.39, 0.29) is 24.1 Å². The molecule has 0 spiro atoms. The highest BCUT2D eigenvalue weighted by molar-refractivity contribution is 5.85. The average Bonchev–Trinajstić information content (AvgIpc) is 3.10. The smallest absolute Gasteiger partial charge is 0.226 e. The van der Waals surface area contributed by atoms with E-state index in [4.69, 9.17) is 0 Å². The van der Waals surface area contributed by atoms with Crippen molar-refractivity contribution >= 4 is 18.3 Å². The van der Waals surface area contributed by atoms with Crippen LogP contribution in [0.2, 0.25) is 0 Å². The van der Waals surface area contributed by atoms with E-state index in [0.717, 1.165) is 57.3 Å². The summed E-state index contributed by atoms with van der Waals surface area (Å²) < 4.78 is 13.4. The maximum atomic E-state index is 13.4. The quantitative estimate of drug-likeness (QED) is 0.876. The maximum Gasteiger partial charge on any atom is 0.226 e. The number of piperidine rings is 1. The van der Waals surface area contributed by atoms with Crippen molar-refractivity contribution in [3.63, 3.8) is 0 Å². The summed E-state index contributed by atoms with van der Waals surface area (Å²) in [5, 5.41) is 3.33. The molecule has 1 aromatic rings. The summed E-state index contributed by atoms with van der Waals surface area (Å²) in [6.07, 6.45) is 7.33. The van der Waals surface area contributed by atoms with Crippen LogP contribution in [-0.2, 0) is 11.2 Å². The largest absolute Gasteiger partial charge is 0.339 e. The van der Waals surface area contributed by atoms with Crippen molar-refractivity contribution in [3.8, 4) is 0 Å². The molecule has 24 heavy (non-hydrogen) atoms. The molecular formula is C19H28ClFN2O. The van der Waals surface area contributed by atoms with E-state index in [0.29, 0.717) is 11.9 Å². The van der Waals surface area contributed by atoms with Gasteiger partial charge in [0.15, 0.2) is 0 Å². The molecule has 2 aliphatic rings. The molecule has 1 saturated carbocycles. The number of benzene rings is 1.